The van der Waals surface area contributed by atoms with Crippen molar-refractivity contribution in [3.05, 3.63) is 94.9 Å². The molecule has 0 bridgehead atoms. The molecule has 1 aliphatic heterocycles. The second kappa shape index (κ2) is 8.18. The Bertz CT molecular complexity index is 1580. The highest BCUT2D eigenvalue weighted by atomic mass is 32.2. The number of aromatic nitrogens is 1. The number of ether oxygens (including phenoxy) is 1. The van der Waals surface area contributed by atoms with Crippen molar-refractivity contribution in [2.45, 2.75) is 32.2 Å². The molecule has 1 aromatic heterocycles. The van der Waals surface area contributed by atoms with Gasteiger partial charge in [0, 0.05) is 34.8 Å². The average molecular weight is 474 g/mol. The number of rotatable bonds is 5. The molecular weight excluding hydrogens is 450 g/mol. The Hall–Kier alpha value is -3.84. The molecule has 0 radical (unpaired) electrons. The van der Waals surface area contributed by atoms with Crippen molar-refractivity contribution in [3.63, 3.8) is 0 Å². The van der Waals surface area contributed by atoms with E-state index in [0.29, 0.717) is 16.9 Å². The van der Waals surface area contributed by atoms with Crippen LogP contribution in [0.1, 0.15) is 34.0 Å². The second-order valence-corrected chi connectivity index (χ2v) is 9.79. The Morgan fingerprint density at radius 2 is 1.74 bits per heavy atom. The molecule has 0 saturated carbocycles. The van der Waals surface area contributed by atoms with E-state index in [0.717, 1.165) is 28.6 Å². The summed E-state index contributed by atoms with van der Waals surface area (Å²) >= 11 is 0. The van der Waals surface area contributed by atoms with E-state index >= 15 is 0 Å². The zero-order chi connectivity index (χ0) is 24.0. The van der Waals surface area contributed by atoms with Crippen molar-refractivity contribution >= 4 is 32.9 Å². The summed E-state index contributed by atoms with van der Waals surface area (Å²) in [6, 6.07) is 17.4. The van der Waals surface area contributed by atoms with Crippen LogP contribution in [0.2, 0.25) is 0 Å². The molecule has 5 rings (SSSR count). The lowest BCUT2D eigenvalue weighted by atomic mass is 10.1. The Morgan fingerprint density at radius 3 is 2.47 bits per heavy atom. The summed E-state index contributed by atoms with van der Waals surface area (Å²) in [5, 5.41) is 1.02. The highest BCUT2D eigenvalue weighted by Crippen LogP contribution is 2.40. The van der Waals surface area contributed by atoms with Crippen LogP contribution < -0.4 is 8.92 Å². The van der Waals surface area contributed by atoms with Gasteiger partial charge in [-0.25, -0.2) is 0 Å². The fourth-order valence-corrected chi connectivity index (χ4v) is 5.11. The number of nitrogens with zero attached hydrogens (tertiary/aromatic N) is 1. The lowest BCUT2D eigenvalue weighted by Crippen LogP contribution is -2.10. The molecule has 4 aromatic rings. The first-order valence-electron chi connectivity index (χ1n) is 11.0. The monoisotopic (exact) mass is 473 g/mol. The van der Waals surface area contributed by atoms with Gasteiger partial charge in [-0.05, 0) is 57.2 Å². The molecule has 0 fully saturated rings. The standard InChI is InChI=1S/C27H23NO5S/c1-4-28-16-19(21-7-5-6-8-23(21)28)15-25-26(29)22-13-14-24(18(3)27(22)32-25)33-34(30,31)20-11-9-17(2)10-12-20/h5-16H,4H2,1-3H3. The number of ketones is 1. The Kier molecular flexibility index (Phi) is 5.29. The van der Waals surface area contributed by atoms with Crippen molar-refractivity contribution in [3.8, 4) is 11.5 Å². The number of para-hydroxylation sites is 1. The molecule has 34 heavy (non-hydrogen) atoms. The van der Waals surface area contributed by atoms with Gasteiger partial charge in [0.2, 0.25) is 5.78 Å². The largest absolute Gasteiger partial charge is 0.452 e. The topological polar surface area (TPSA) is 74.6 Å². The predicted octanol–water partition coefficient (Wildman–Crippen LogP) is 5.66. The molecule has 1 aliphatic rings. The third-order valence-electron chi connectivity index (χ3n) is 5.99. The molecule has 0 amide bonds. The van der Waals surface area contributed by atoms with E-state index in [-0.39, 0.29) is 22.2 Å². The van der Waals surface area contributed by atoms with Gasteiger partial charge in [-0.2, -0.15) is 8.42 Å². The summed E-state index contributed by atoms with van der Waals surface area (Å²) in [7, 11) is -4.03. The molecule has 2 heterocycles. The number of benzene rings is 3. The Labute approximate surface area is 198 Å². The third kappa shape index (κ3) is 3.68. The molecule has 172 valence electrons. The van der Waals surface area contributed by atoms with Crippen molar-refractivity contribution in [2.75, 3.05) is 0 Å². The number of allylic oxidation sites excluding steroid dienone is 1. The molecule has 0 spiro atoms. The van der Waals surface area contributed by atoms with Gasteiger partial charge in [0.05, 0.1) is 5.56 Å². The number of aryl methyl sites for hydroxylation is 2. The van der Waals surface area contributed by atoms with Crippen LogP contribution in [0.5, 0.6) is 11.5 Å². The quantitative estimate of drug-likeness (QED) is 0.276. The van der Waals surface area contributed by atoms with Gasteiger partial charge in [-0.3, -0.25) is 4.79 Å². The van der Waals surface area contributed by atoms with E-state index in [1.54, 1.807) is 31.2 Å². The number of hydrogen-bond donors (Lipinski definition) is 0. The number of Topliss-reactive ketones (excluding diaryl/α,β-unsaturated/α-hetero) is 1. The number of carbonyl (C=O) groups is 1. The summed E-state index contributed by atoms with van der Waals surface area (Å²) in [4.78, 5) is 13.1. The smallest absolute Gasteiger partial charge is 0.339 e. The SMILES string of the molecule is CCn1cc(C=C2Oc3c(ccc(OS(=O)(=O)c4ccc(C)cc4)c3C)C2=O)c2ccccc21. The lowest BCUT2D eigenvalue weighted by Gasteiger charge is -2.11. The molecule has 0 unspecified atom stereocenters. The van der Waals surface area contributed by atoms with E-state index < -0.39 is 10.1 Å². The van der Waals surface area contributed by atoms with Gasteiger partial charge in [-0.15, -0.1) is 0 Å². The van der Waals surface area contributed by atoms with Crippen LogP contribution >= 0.6 is 0 Å². The maximum Gasteiger partial charge on any atom is 0.339 e. The Morgan fingerprint density at radius 1 is 1.00 bits per heavy atom. The van der Waals surface area contributed by atoms with E-state index in [1.807, 2.05) is 37.4 Å². The van der Waals surface area contributed by atoms with Crippen LogP contribution in [0.25, 0.3) is 17.0 Å². The molecule has 0 saturated heterocycles. The van der Waals surface area contributed by atoms with Gasteiger partial charge in [0.25, 0.3) is 0 Å². The van der Waals surface area contributed by atoms with Gasteiger partial charge >= 0.3 is 10.1 Å². The zero-order valence-electron chi connectivity index (χ0n) is 19.0. The van der Waals surface area contributed by atoms with E-state index in [2.05, 4.69) is 11.5 Å². The van der Waals surface area contributed by atoms with Crippen LogP contribution in [0.4, 0.5) is 0 Å². The first kappa shape index (κ1) is 22.0. The first-order chi connectivity index (χ1) is 16.3. The summed E-state index contributed by atoms with van der Waals surface area (Å²) < 4.78 is 39.0. The minimum Gasteiger partial charge on any atom is -0.452 e. The fourth-order valence-electron chi connectivity index (χ4n) is 4.12. The average Bonchev–Trinajstić information content (AvgIpc) is 3.34. The van der Waals surface area contributed by atoms with Crippen LogP contribution in [-0.2, 0) is 16.7 Å². The van der Waals surface area contributed by atoms with Crippen molar-refractivity contribution in [1.82, 2.24) is 4.57 Å². The normalized spacial score (nSPS) is 14.4. The molecule has 0 atom stereocenters. The van der Waals surface area contributed by atoms with Gasteiger partial charge in [-0.1, -0.05) is 35.9 Å². The third-order valence-corrected chi connectivity index (χ3v) is 7.24. The molecule has 6 nitrogen and oxygen atoms in total. The fraction of sp³-hybridized carbons (Fsp3) is 0.148. The van der Waals surface area contributed by atoms with Crippen LogP contribution in [0, 0.1) is 13.8 Å². The molecule has 0 N–H and O–H groups in total. The summed E-state index contributed by atoms with van der Waals surface area (Å²) in [6.45, 7) is 6.42. The highest BCUT2D eigenvalue weighted by molar-refractivity contribution is 7.87. The van der Waals surface area contributed by atoms with E-state index in [4.69, 9.17) is 8.92 Å². The summed E-state index contributed by atoms with van der Waals surface area (Å²) in [5.41, 5.74) is 3.72. The minimum absolute atomic E-state index is 0.0582. The molecule has 3 aromatic carbocycles. The first-order valence-corrected chi connectivity index (χ1v) is 12.4. The summed E-state index contributed by atoms with van der Waals surface area (Å²) in [6.07, 6.45) is 3.73. The maximum atomic E-state index is 13.1. The lowest BCUT2D eigenvalue weighted by molar-refractivity contribution is 0.101. The minimum atomic E-state index is -4.03. The van der Waals surface area contributed by atoms with Crippen LogP contribution in [0.3, 0.4) is 0 Å². The summed E-state index contributed by atoms with van der Waals surface area (Å²) in [5.74, 6) is 0.373. The maximum absolute atomic E-state index is 13.1. The molecule has 0 aliphatic carbocycles. The van der Waals surface area contributed by atoms with Crippen LogP contribution in [-0.4, -0.2) is 18.8 Å². The zero-order valence-corrected chi connectivity index (χ0v) is 19.8. The number of hydrogen-bond acceptors (Lipinski definition) is 5. The van der Waals surface area contributed by atoms with E-state index in [1.165, 1.54) is 18.2 Å². The number of fused-ring (bicyclic) bond motifs is 2. The van der Waals surface area contributed by atoms with Gasteiger partial charge in [0.1, 0.15) is 16.4 Å². The van der Waals surface area contributed by atoms with Crippen molar-refractivity contribution < 1.29 is 22.1 Å². The molecular formula is C27H23NO5S. The van der Waals surface area contributed by atoms with Crippen molar-refractivity contribution in [2.24, 2.45) is 0 Å². The van der Waals surface area contributed by atoms with Gasteiger partial charge in [0.15, 0.2) is 5.76 Å². The molecule has 7 heteroatoms. The predicted molar refractivity (Wildman–Crippen MR) is 131 cm³/mol. The van der Waals surface area contributed by atoms with E-state index in [9.17, 15) is 13.2 Å². The second-order valence-electron chi connectivity index (χ2n) is 8.24. The Balaban J connectivity index is 1.49. The van der Waals surface area contributed by atoms with Crippen molar-refractivity contribution in [1.29, 1.82) is 0 Å². The van der Waals surface area contributed by atoms with Crippen LogP contribution in [0.15, 0.2) is 77.5 Å². The number of carbonyl (C=O) groups excluding carboxylic acids is 1. The van der Waals surface area contributed by atoms with Gasteiger partial charge < -0.3 is 13.5 Å². The highest BCUT2D eigenvalue weighted by Gasteiger charge is 2.31.